The molecule has 2 aromatic rings. The molecule has 0 saturated carbocycles. The molecule has 2 aromatic carbocycles. The van der Waals surface area contributed by atoms with Gasteiger partial charge in [0.2, 0.25) is 0 Å². The average Bonchev–Trinajstić information content (AvgIpc) is 2.38. The quantitative estimate of drug-likeness (QED) is 0.624. The molecule has 0 amide bonds. The number of nitro groups is 1. The van der Waals surface area contributed by atoms with Crippen molar-refractivity contribution in [2.24, 2.45) is 0 Å². The van der Waals surface area contributed by atoms with E-state index in [4.69, 9.17) is 4.74 Å². The smallest absolute Gasteiger partial charge is 0.311 e. The van der Waals surface area contributed by atoms with Gasteiger partial charge in [0, 0.05) is 12.1 Å². The molecule has 0 spiro atoms. The minimum Gasteiger partial charge on any atom is -0.482 e. The van der Waals surface area contributed by atoms with Crippen LogP contribution in [0, 0.1) is 22.9 Å². The number of nitrogens with zero attached hydrogens (tertiary/aromatic N) is 1. The zero-order chi connectivity index (χ0) is 13.8. The van der Waals surface area contributed by atoms with Crippen LogP contribution < -0.4 is 4.74 Å². The molecule has 0 radical (unpaired) electrons. The molecule has 2 rings (SSSR count). The highest BCUT2D eigenvalue weighted by molar-refractivity contribution is 5.46. The summed E-state index contributed by atoms with van der Waals surface area (Å²) < 4.78 is 18.4. The van der Waals surface area contributed by atoms with Gasteiger partial charge in [0.05, 0.1) is 4.92 Å². The molecule has 0 aromatic heterocycles. The van der Waals surface area contributed by atoms with Gasteiger partial charge in [-0.15, -0.1) is 0 Å². The molecule has 5 heteroatoms. The molecule has 0 N–H and O–H groups in total. The van der Waals surface area contributed by atoms with Gasteiger partial charge in [-0.2, -0.15) is 0 Å². The molecule has 98 valence electrons. The van der Waals surface area contributed by atoms with Crippen molar-refractivity contribution in [3.63, 3.8) is 0 Å². The van der Waals surface area contributed by atoms with Crippen LogP contribution in [0.4, 0.5) is 10.1 Å². The standard InChI is InChI=1S/C14H12FNO3/c1-10-2-4-11(5-3-10)9-19-14-8-12(15)6-7-13(14)16(17)18/h2-8H,9H2,1H3. The van der Waals surface area contributed by atoms with Crippen LogP contribution in [-0.4, -0.2) is 4.92 Å². The van der Waals surface area contributed by atoms with Crippen molar-refractivity contribution >= 4 is 5.69 Å². The summed E-state index contributed by atoms with van der Waals surface area (Å²) >= 11 is 0. The van der Waals surface area contributed by atoms with E-state index < -0.39 is 10.7 Å². The summed E-state index contributed by atoms with van der Waals surface area (Å²) in [6.07, 6.45) is 0. The van der Waals surface area contributed by atoms with Crippen LogP contribution in [0.2, 0.25) is 0 Å². The van der Waals surface area contributed by atoms with Crippen LogP contribution in [-0.2, 0) is 6.61 Å². The topological polar surface area (TPSA) is 52.4 Å². The molecule has 0 heterocycles. The van der Waals surface area contributed by atoms with Crippen LogP contribution >= 0.6 is 0 Å². The number of nitro benzene ring substituents is 1. The molecule has 19 heavy (non-hydrogen) atoms. The van der Waals surface area contributed by atoms with Gasteiger partial charge in [-0.25, -0.2) is 4.39 Å². The lowest BCUT2D eigenvalue weighted by Crippen LogP contribution is -1.99. The predicted molar refractivity (Wildman–Crippen MR) is 68.6 cm³/mol. The lowest BCUT2D eigenvalue weighted by atomic mass is 10.2. The first-order valence-corrected chi connectivity index (χ1v) is 5.68. The molecule has 4 nitrogen and oxygen atoms in total. The zero-order valence-corrected chi connectivity index (χ0v) is 10.3. The lowest BCUT2D eigenvalue weighted by molar-refractivity contribution is -0.386. The second-order valence-electron chi connectivity index (χ2n) is 4.14. The van der Waals surface area contributed by atoms with Gasteiger partial charge in [0.15, 0.2) is 5.75 Å². The molecule has 0 fully saturated rings. The summed E-state index contributed by atoms with van der Waals surface area (Å²) in [4.78, 5) is 10.2. The first-order chi connectivity index (χ1) is 9.06. The van der Waals surface area contributed by atoms with Crippen molar-refractivity contribution in [1.82, 2.24) is 0 Å². The van der Waals surface area contributed by atoms with Gasteiger partial charge in [0.1, 0.15) is 12.4 Å². The summed E-state index contributed by atoms with van der Waals surface area (Å²) in [6, 6.07) is 10.7. The molecular formula is C14H12FNO3. The molecule has 0 aliphatic heterocycles. The maximum Gasteiger partial charge on any atom is 0.311 e. The summed E-state index contributed by atoms with van der Waals surface area (Å²) in [5.74, 6) is -0.630. The summed E-state index contributed by atoms with van der Waals surface area (Å²) in [5, 5.41) is 10.8. The zero-order valence-electron chi connectivity index (χ0n) is 10.3. The molecule has 0 saturated heterocycles. The number of benzene rings is 2. The maximum absolute atomic E-state index is 13.1. The van der Waals surface area contributed by atoms with Gasteiger partial charge >= 0.3 is 5.69 Å². The Labute approximate surface area is 109 Å². The number of halogens is 1. The van der Waals surface area contributed by atoms with Crippen LogP contribution in [0.25, 0.3) is 0 Å². The third-order valence-corrected chi connectivity index (χ3v) is 2.63. The Morgan fingerprint density at radius 3 is 2.53 bits per heavy atom. The van der Waals surface area contributed by atoms with E-state index in [0.717, 1.165) is 29.3 Å². The number of hydrogen-bond acceptors (Lipinski definition) is 3. The predicted octanol–water partition coefficient (Wildman–Crippen LogP) is 3.62. The highest BCUT2D eigenvalue weighted by atomic mass is 19.1. The second kappa shape index (κ2) is 5.48. The lowest BCUT2D eigenvalue weighted by Gasteiger charge is -2.07. The molecule has 0 aliphatic carbocycles. The van der Waals surface area contributed by atoms with E-state index in [2.05, 4.69) is 0 Å². The van der Waals surface area contributed by atoms with E-state index in [1.54, 1.807) is 0 Å². The Bertz CT molecular complexity index is 596. The van der Waals surface area contributed by atoms with Gasteiger partial charge < -0.3 is 4.74 Å². The Hall–Kier alpha value is -2.43. The number of aryl methyl sites for hydroxylation is 1. The van der Waals surface area contributed by atoms with Gasteiger partial charge in [-0.1, -0.05) is 29.8 Å². The van der Waals surface area contributed by atoms with Gasteiger partial charge in [-0.3, -0.25) is 10.1 Å². The Balaban J connectivity index is 2.16. The molecule has 0 aliphatic rings. The molecule has 0 atom stereocenters. The largest absolute Gasteiger partial charge is 0.482 e. The van der Waals surface area contributed by atoms with Crippen LogP contribution in [0.15, 0.2) is 42.5 Å². The number of rotatable bonds is 4. The third kappa shape index (κ3) is 3.28. The minimum atomic E-state index is -0.593. The average molecular weight is 261 g/mol. The van der Waals surface area contributed by atoms with Crippen LogP contribution in [0.1, 0.15) is 11.1 Å². The molecule has 0 bridgehead atoms. The Morgan fingerprint density at radius 1 is 1.21 bits per heavy atom. The van der Waals surface area contributed by atoms with Gasteiger partial charge in [0.25, 0.3) is 0 Å². The Kier molecular flexibility index (Phi) is 3.75. The first-order valence-electron chi connectivity index (χ1n) is 5.68. The minimum absolute atomic E-state index is 0.0643. The number of ether oxygens (including phenoxy) is 1. The fourth-order valence-electron chi connectivity index (χ4n) is 1.60. The van der Waals surface area contributed by atoms with E-state index in [9.17, 15) is 14.5 Å². The third-order valence-electron chi connectivity index (χ3n) is 2.63. The fraction of sp³-hybridized carbons (Fsp3) is 0.143. The van der Waals surface area contributed by atoms with E-state index in [-0.39, 0.29) is 18.0 Å². The van der Waals surface area contributed by atoms with E-state index in [0.29, 0.717) is 0 Å². The van der Waals surface area contributed by atoms with E-state index in [1.165, 1.54) is 0 Å². The summed E-state index contributed by atoms with van der Waals surface area (Å²) in [7, 11) is 0. The first kappa shape index (κ1) is 13.0. The Morgan fingerprint density at radius 2 is 1.89 bits per heavy atom. The van der Waals surface area contributed by atoms with Crippen LogP contribution in [0.5, 0.6) is 5.75 Å². The summed E-state index contributed by atoms with van der Waals surface area (Å²) in [5.41, 5.74) is 1.73. The fourth-order valence-corrected chi connectivity index (χ4v) is 1.60. The molecule has 0 unspecified atom stereocenters. The number of hydrogen-bond donors (Lipinski definition) is 0. The summed E-state index contributed by atoms with van der Waals surface area (Å²) in [6.45, 7) is 2.12. The van der Waals surface area contributed by atoms with Crippen molar-refractivity contribution in [3.8, 4) is 5.75 Å². The van der Waals surface area contributed by atoms with Crippen molar-refractivity contribution in [3.05, 3.63) is 69.5 Å². The van der Waals surface area contributed by atoms with Crippen molar-refractivity contribution in [1.29, 1.82) is 0 Å². The van der Waals surface area contributed by atoms with Crippen molar-refractivity contribution < 1.29 is 14.1 Å². The van der Waals surface area contributed by atoms with Crippen molar-refractivity contribution in [2.45, 2.75) is 13.5 Å². The van der Waals surface area contributed by atoms with Crippen LogP contribution in [0.3, 0.4) is 0 Å². The maximum atomic E-state index is 13.1. The molecular weight excluding hydrogens is 249 g/mol. The SMILES string of the molecule is Cc1ccc(COc2cc(F)ccc2[N+](=O)[O-])cc1. The normalized spacial score (nSPS) is 10.2. The van der Waals surface area contributed by atoms with Crippen molar-refractivity contribution in [2.75, 3.05) is 0 Å². The van der Waals surface area contributed by atoms with E-state index >= 15 is 0 Å². The van der Waals surface area contributed by atoms with E-state index in [1.807, 2.05) is 31.2 Å². The van der Waals surface area contributed by atoms with Gasteiger partial charge in [-0.05, 0) is 18.6 Å². The monoisotopic (exact) mass is 261 g/mol. The highest BCUT2D eigenvalue weighted by Gasteiger charge is 2.15. The second-order valence-corrected chi connectivity index (χ2v) is 4.14. The highest BCUT2D eigenvalue weighted by Crippen LogP contribution is 2.28.